The molecule has 0 N–H and O–H groups in total. The Morgan fingerprint density at radius 3 is 2.58 bits per heavy atom. The van der Waals surface area contributed by atoms with Gasteiger partial charge in [0, 0.05) is 23.5 Å². The van der Waals surface area contributed by atoms with E-state index in [-0.39, 0.29) is 6.17 Å². The summed E-state index contributed by atoms with van der Waals surface area (Å²) in [5, 5.41) is 0. The standard InChI is InChI=1S/C17H14N2/c1-2-7-13(8-3-1)19-16-11-5-4-9-14(16)15-10-6-12-18-17(15)19/h1-12,15,17H. The van der Waals surface area contributed by atoms with Gasteiger partial charge in [0.15, 0.2) is 0 Å². The number of anilines is 2. The van der Waals surface area contributed by atoms with Gasteiger partial charge in [0.1, 0.15) is 6.17 Å². The molecule has 0 aromatic heterocycles. The molecule has 19 heavy (non-hydrogen) atoms. The summed E-state index contributed by atoms with van der Waals surface area (Å²) in [4.78, 5) is 7.01. The zero-order valence-electron chi connectivity index (χ0n) is 10.5. The van der Waals surface area contributed by atoms with Crippen LogP contribution in [0.1, 0.15) is 11.5 Å². The molecule has 2 aromatic rings. The summed E-state index contributed by atoms with van der Waals surface area (Å²) < 4.78 is 0. The third-order valence-corrected chi connectivity index (χ3v) is 3.82. The van der Waals surface area contributed by atoms with E-state index in [4.69, 9.17) is 0 Å². The van der Waals surface area contributed by atoms with Crippen LogP contribution in [-0.2, 0) is 0 Å². The topological polar surface area (TPSA) is 15.6 Å². The van der Waals surface area contributed by atoms with Crippen molar-refractivity contribution in [1.29, 1.82) is 0 Å². The summed E-state index contributed by atoms with van der Waals surface area (Å²) in [6.45, 7) is 0. The molecule has 2 aliphatic rings. The highest BCUT2D eigenvalue weighted by Crippen LogP contribution is 2.46. The van der Waals surface area contributed by atoms with Crippen LogP contribution in [0.15, 0.2) is 71.7 Å². The fraction of sp³-hybridized carbons (Fsp3) is 0.118. The number of nitrogens with zero attached hydrogens (tertiary/aromatic N) is 2. The number of allylic oxidation sites excluding steroid dienone is 1. The third-order valence-electron chi connectivity index (χ3n) is 3.82. The zero-order chi connectivity index (χ0) is 12.7. The van der Waals surface area contributed by atoms with E-state index in [0.717, 1.165) is 0 Å². The van der Waals surface area contributed by atoms with Crippen LogP contribution < -0.4 is 4.90 Å². The van der Waals surface area contributed by atoms with Crippen molar-refractivity contribution in [3.8, 4) is 0 Å². The molecule has 0 radical (unpaired) electrons. The molecule has 2 heterocycles. The Morgan fingerprint density at radius 2 is 1.68 bits per heavy atom. The van der Waals surface area contributed by atoms with E-state index in [1.165, 1.54) is 16.9 Å². The molecule has 0 amide bonds. The Balaban J connectivity index is 1.91. The van der Waals surface area contributed by atoms with Crippen molar-refractivity contribution in [2.24, 2.45) is 4.99 Å². The van der Waals surface area contributed by atoms with Gasteiger partial charge >= 0.3 is 0 Å². The molecule has 0 saturated heterocycles. The molecule has 0 saturated carbocycles. The van der Waals surface area contributed by atoms with E-state index in [9.17, 15) is 0 Å². The van der Waals surface area contributed by atoms with E-state index in [2.05, 4.69) is 64.5 Å². The molecule has 4 rings (SSSR count). The fourth-order valence-corrected chi connectivity index (χ4v) is 3.00. The van der Waals surface area contributed by atoms with Crippen LogP contribution >= 0.6 is 0 Å². The Hall–Kier alpha value is -2.35. The minimum atomic E-state index is 0.157. The molecule has 0 aliphatic carbocycles. The number of dihydropyridines is 1. The van der Waals surface area contributed by atoms with Crippen LogP contribution in [0.5, 0.6) is 0 Å². The van der Waals surface area contributed by atoms with E-state index in [0.29, 0.717) is 5.92 Å². The first-order valence-corrected chi connectivity index (χ1v) is 6.58. The maximum atomic E-state index is 4.68. The number of para-hydroxylation sites is 2. The fourth-order valence-electron chi connectivity index (χ4n) is 3.00. The average molecular weight is 246 g/mol. The van der Waals surface area contributed by atoms with Crippen LogP contribution in [0.25, 0.3) is 0 Å². The van der Waals surface area contributed by atoms with Crippen molar-refractivity contribution in [2.75, 3.05) is 4.90 Å². The molecule has 92 valence electrons. The quantitative estimate of drug-likeness (QED) is 0.745. The van der Waals surface area contributed by atoms with Crippen LogP contribution in [-0.4, -0.2) is 12.4 Å². The predicted octanol–water partition coefficient (Wildman–Crippen LogP) is 3.89. The van der Waals surface area contributed by atoms with Crippen LogP contribution in [0, 0.1) is 0 Å². The van der Waals surface area contributed by atoms with Gasteiger partial charge in [-0.15, -0.1) is 0 Å². The van der Waals surface area contributed by atoms with Gasteiger partial charge in [0.2, 0.25) is 0 Å². The van der Waals surface area contributed by atoms with Gasteiger partial charge in [-0.3, -0.25) is 4.99 Å². The van der Waals surface area contributed by atoms with Crippen molar-refractivity contribution in [2.45, 2.75) is 12.1 Å². The molecule has 2 heteroatoms. The van der Waals surface area contributed by atoms with Gasteiger partial charge in [-0.1, -0.05) is 42.5 Å². The number of hydrogen-bond donors (Lipinski definition) is 0. The van der Waals surface area contributed by atoms with Gasteiger partial charge in [-0.05, 0) is 29.8 Å². The van der Waals surface area contributed by atoms with Gasteiger partial charge in [0.05, 0.1) is 0 Å². The summed E-state index contributed by atoms with van der Waals surface area (Å²) in [7, 11) is 0. The Bertz CT molecular complexity index is 658. The maximum absolute atomic E-state index is 4.68. The van der Waals surface area contributed by atoms with Gasteiger partial charge in [-0.25, -0.2) is 0 Å². The molecule has 2 aliphatic heterocycles. The van der Waals surface area contributed by atoms with Crippen molar-refractivity contribution in [3.63, 3.8) is 0 Å². The summed E-state index contributed by atoms with van der Waals surface area (Å²) in [5.74, 6) is 0.362. The highest BCUT2D eigenvalue weighted by atomic mass is 15.3. The average Bonchev–Trinajstić information content (AvgIpc) is 2.83. The summed E-state index contributed by atoms with van der Waals surface area (Å²) in [5.41, 5.74) is 3.84. The molecule has 2 atom stereocenters. The van der Waals surface area contributed by atoms with Crippen molar-refractivity contribution in [3.05, 3.63) is 72.3 Å². The smallest absolute Gasteiger partial charge is 0.135 e. The lowest BCUT2D eigenvalue weighted by Crippen LogP contribution is -2.28. The number of benzene rings is 2. The van der Waals surface area contributed by atoms with Gasteiger partial charge in [-0.2, -0.15) is 0 Å². The van der Waals surface area contributed by atoms with E-state index in [1.807, 2.05) is 18.4 Å². The lowest BCUT2D eigenvalue weighted by molar-refractivity contribution is 0.659. The second kappa shape index (κ2) is 4.09. The molecule has 2 nitrogen and oxygen atoms in total. The Morgan fingerprint density at radius 1 is 0.895 bits per heavy atom. The Labute approximate surface area is 112 Å². The van der Waals surface area contributed by atoms with E-state index >= 15 is 0 Å². The minimum absolute atomic E-state index is 0.157. The highest BCUT2D eigenvalue weighted by molar-refractivity contribution is 5.79. The Kier molecular flexibility index (Phi) is 2.27. The number of hydrogen-bond acceptors (Lipinski definition) is 2. The molecule has 0 bridgehead atoms. The van der Waals surface area contributed by atoms with Crippen LogP contribution in [0.3, 0.4) is 0 Å². The van der Waals surface area contributed by atoms with Gasteiger partial charge < -0.3 is 4.90 Å². The number of aliphatic imine (C=N–C) groups is 1. The second-order valence-corrected chi connectivity index (χ2v) is 4.89. The minimum Gasteiger partial charge on any atom is -0.318 e. The molecule has 2 unspecified atom stereocenters. The zero-order valence-corrected chi connectivity index (χ0v) is 10.5. The van der Waals surface area contributed by atoms with Crippen molar-refractivity contribution in [1.82, 2.24) is 0 Å². The number of fused-ring (bicyclic) bond motifs is 3. The summed E-state index contributed by atoms with van der Waals surface area (Å²) in [6, 6.07) is 19.1. The third kappa shape index (κ3) is 1.53. The second-order valence-electron chi connectivity index (χ2n) is 4.89. The first-order valence-electron chi connectivity index (χ1n) is 6.58. The molecular weight excluding hydrogens is 232 g/mol. The van der Waals surface area contributed by atoms with E-state index < -0.39 is 0 Å². The van der Waals surface area contributed by atoms with Crippen molar-refractivity contribution >= 4 is 17.6 Å². The van der Waals surface area contributed by atoms with Crippen LogP contribution in [0.4, 0.5) is 11.4 Å². The molecular formula is C17H14N2. The number of rotatable bonds is 1. The van der Waals surface area contributed by atoms with Gasteiger partial charge in [0.25, 0.3) is 0 Å². The maximum Gasteiger partial charge on any atom is 0.135 e. The highest BCUT2D eigenvalue weighted by Gasteiger charge is 2.37. The first-order chi connectivity index (χ1) is 9.45. The molecule has 0 fully saturated rings. The normalized spacial score (nSPS) is 23.3. The lowest BCUT2D eigenvalue weighted by atomic mass is 9.97. The summed E-state index contributed by atoms with van der Waals surface area (Å²) in [6.07, 6.45) is 6.36. The molecule has 2 aromatic carbocycles. The lowest BCUT2D eigenvalue weighted by Gasteiger charge is -2.27. The van der Waals surface area contributed by atoms with Crippen LogP contribution in [0.2, 0.25) is 0 Å². The predicted molar refractivity (Wildman–Crippen MR) is 79.2 cm³/mol. The largest absolute Gasteiger partial charge is 0.318 e. The summed E-state index contributed by atoms with van der Waals surface area (Å²) >= 11 is 0. The molecule has 0 spiro atoms. The van der Waals surface area contributed by atoms with Crippen molar-refractivity contribution < 1.29 is 0 Å². The monoisotopic (exact) mass is 246 g/mol. The first kappa shape index (κ1) is 10.6. The van der Waals surface area contributed by atoms with E-state index in [1.54, 1.807) is 0 Å². The SMILES string of the molecule is C1=CC2c3ccccc3N(c3ccccc3)C2N=C1.